The van der Waals surface area contributed by atoms with Crippen molar-refractivity contribution in [2.75, 3.05) is 0 Å². The second-order valence-electron chi connectivity index (χ2n) is 4.46. The first-order chi connectivity index (χ1) is 9.42. The number of hydrogen-bond donors (Lipinski definition) is 0. The Morgan fingerprint density at radius 2 is 1.60 bits per heavy atom. The molecule has 0 spiro atoms. The van der Waals surface area contributed by atoms with Gasteiger partial charge in [-0.1, -0.05) is 23.8 Å². The Balaban J connectivity index is 2.41. The average molecular weight is 287 g/mol. The quantitative estimate of drug-likeness (QED) is 0.814. The van der Waals surface area contributed by atoms with E-state index in [0.717, 1.165) is 11.1 Å². The zero-order chi connectivity index (χ0) is 14.8. The van der Waals surface area contributed by atoms with Crippen LogP contribution in [0.5, 0.6) is 5.75 Å². The van der Waals surface area contributed by atoms with E-state index in [0.29, 0.717) is 0 Å². The fourth-order valence-electron chi connectivity index (χ4n) is 1.66. The van der Waals surface area contributed by atoms with Crippen molar-refractivity contribution in [2.24, 2.45) is 0 Å². The van der Waals surface area contributed by atoms with Crippen LogP contribution in [0.2, 0.25) is 0 Å². The third-order valence-electron chi connectivity index (χ3n) is 2.77. The van der Waals surface area contributed by atoms with Crippen LogP contribution in [-0.2, 0) is 10.1 Å². The molecule has 2 rings (SSSR count). The van der Waals surface area contributed by atoms with Crippen LogP contribution in [-0.4, -0.2) is 8.42 Å². The van der Waals surface area contributed by atoms with E-state index in [1.807, 2.05) is 13.0 Å². The van der Waals surface area contributed by atoms with Crippen LogP contribution < -0.4 is 4.18 Å². The summed E-state index contributed by atoms with van der Waals surface area (Å²) in [4.78, 5) is 0.0634. The van der Waals surface area contributed by atoms with Crippen molar-refractivity contribution in [1.29, 1.82) is 5.26 Å². The smallest absolute Gasteiger partial charge is 0.339 e. The Kier molecular flexibility index (Phi) is 3.77. The molecule has 20 heavy (non-hydrogen) atoms. The maximum atomic E-state index is 12.2. The summed E-state index contributed by atoms with van der Waals surface area (Å²) in [5.41, 5.74) is 1.96. The lowest BCUT2D eigenvalue weighted by Gasteiger charge is -2.09. The molecule has 102 valence electrons. The average Bonchev–Trinajstić information content (AvgIpc) is 2.39. The first-order valence-corrected chi connectivity index (χ1v) is 7.35. The Hall–Kier alpha value is -2.32. The van der Waals surface area contributed by atoms with Crippen molar-refractivity contribution < 1.29 is 12.6 Å². The molecule has 4 nitrogen and oxygen atoms in total. The molecule has 0 N–H and O–H groups in total. The lowest BCUT2D eigenvalue weighted by atomic mass is 10.1. The highest BCUT2D eigenvalue weighted by Gasteiger charge is 2.18. The molecule has 0 aliphatic carbocycles. The van der Waals surface area contributed by atoms with Gasteiger partial charge >= 0.3 is 10.1 Å². The van der Waals surface area contributed by atoms with Crippen molar-refractivity contribution in [2.45, 2.75) is 18.7 Å². The lowest BCUT2D eigenvalue weighted by Crippen LogP contribution is -2.10. The molecule has 0 radical (unpaired) electrons. The Labute approximate surface area is 118 Å². The minimum Gasteiger partial charge on any atom is -0.378 e. The minimum atomic E-state index is -3.93. The van der Waals surface area contributed by atoms with E-state index in [1.54, 1.807) is 25.1 Å². The van der Waals surface area contributed by atoms with E-state index in [-0.39, 0.29) is 16.2 Å². The maximum absolute atomic E-state index is 12.2. The molecular weight excluding hydrogens is 274 g/mol. The Morgan fingerprint density at radius 3 is 2.20 bits per heavy atom. The third-order valence-corrected chi connectivity index (χ3v) is 4.02. The molecule has 0 atom stereocenters. The summed E-state index contributed by atoms with van der Waals surface area (Å²) in [6.45, 7) is 3.66. The number of benzene rings is 2. The first kappa shape index (κ1) is 14.1. The minimum absolute atomic E-state index is 0.0491. The van der Waals surface area contributed by atoms with Gasteiger partial charge in [0.1, 0.15) is 11.0 Å². The maximum Gasteiger partial charge on any atom is 0.339 e. The summed E-state index contributed by atoms with van der Waals surface area (Å²) >= 11 is 0. The van der Waals surface area contributed by atoms with Crippen LogP contribution in [0, 0.1) is 25.2 Å². The lowest BCUT2D eigenvalue weighted by molar-refractivity contribution is 0.485. The SMILES string of the molecule is Cc1ccc(S(=O)(=O)Oc2cc(C)ccc2C#N)cc1. The van der Waals surface area contributed by atoms with Gasteiger partial charge in [-0.3, -0.25) is 0 Å². The predicted octanol–water partition coefficient (Wildman–Crippen LogP) is 2.94. The van der Waals surface area contributed by atoms with Crippen LogP contribution in [0.15, 0.2) is 47.4 Å². The zero-order valence-corrected chi connectivity index (χ0v) is 11.9. The van der Waals surface area contributed by atoms with Gasteiger partial charge in [-0.15, -0.1) is 0 Å². The van der Waals surface area contributed by atoms with E-state index < -0.39 is 10.1 Å². The van der Waals surface area contributed by atoms with Gasteiger partial charge in [0.05, 0.1) is 5.56 Å². The fourth-order valence-corrected chi connectivity index (χ4v) is 2.60. The van der Waals surface area contributed by atoms with Gasteiger partial charge in [0, 0.05) is 0 Å². The molecule has 0 unspecified atom stereocenters. The van der Waals surface area contributed by atoms with Crippen molar-refractivity contribution in [3.05, 3.63) is 59.2 Å². The number of rotatable bonds is 3. The molecule has 0 saturated carbocycles. The second kappa shape index (κ2) is 5.35. The summed E-state index contributed by atoms with van der Waals surface area (Å²) in [7, 11) is -3.93. The molecule has 0 heterocycles. The number of hydrogen-bond acceptors (Lipinski definition) is 4. The van der Waals surface area contributed by atoms with Crippen molar-refractivity contribution in [3.63, 3.8) is 0 Å². The van der Waals surface area contributed by atoms with Crippen molar-refractivity contribution in [1.82, 2.24) is 0 Å². The molecule has 0 aliphatic rings. The standard InChI is InChI=1S/C15H13NO3S/c1-11-4-7-14(8-5-11)20(17,18)19-15-9-12(2)3-6-13(15)10-16/h3-9H,1-2H3. The highest BCUT2D eigenvalue weighted by Crippen LogP contribution is 2.24. The zero-order valence-electron chi connectivity index (χ0n) is 11.1. The van der Waals surface area contributed by atoms with Crippen LogP contribution >= 0.6 is 0 Å². The van der Waals surface area contributed by atoms with Gasteiger partial charge in [-0.25, -0.2) is 0 Å². The monoisotopic (exact) mass is 287 g/mol. The molecule has 5 heteroatoms. The summed E-state index contributed by atoms with van der Waals surface area (Å²) < 4.78 is 29.4. The fraction of sp³-hybridized carbons (Fsp3) is 0.133. The van der Waals surface area contributed by atoms with Gasteiger partial charge in [0.2, 0.25) is 0 Å². The van der Waals surface area contributed by atoms with E-state index in [9.17, 15) is 8.42 Å². The molecule has 0 aromatic heterocycles. The molecule has 0 amide bonds. The normalized spacial score (nSPS) is 10.8. The Bertz CT molecular complexity index is 772. The van der Waals surface area contributed by atoms with Crippen molar-refractivity contribution >= 4 is 10.1 Å². The second-order valence-corrected chi connectivity index (χ2v) is 6.01. The van der Waals surface area contributed by atoms with Gasteiger partial charge in [-0.2, -0.15) is 13.7 Å². The van der Waals surface area contributed by atoms with E-state index >= 15 is 0 Å². The summed E-state index contributed by atoms with van der Waals surface area (Å²) in [6.07, 6.45) is 0. The molecular formula is C15H13NO3S. The number of nitriles is 1. The molecule has 0 bridgehead atoms. The topological polar surface area (TPSA) is 67.2 Å². The largest absolute Gasteiger partial charge is 0.378 e. The third kappa shape index (κ3) is 2.98. The van der Waals surface area contributed by atoms with Gasteiger partial charge in [-0.05, 0) is 43.7 Å². The van der Waals surface area contributed by atoms with E-state index in [4.69, 9.17) is 9.44 Å². The number of nitrogens with zero attached hydrogens (tertiary/aromatic N) is 1. The summed E-state index contributed by atoms with van der Waals surface area (Å²) in [5.74, 6) is 0.0491. The van der Waals surface area contributed by atoms with Gasteiger partial charge in [0.15, 0.2) is 5.75 Å². The molecule has 2 aromatic carbocycles. The van der Waals surface area contributed by atoms with Crippen molar-refractivity contribution in [3.8, 4) is 11.8 Å². The predicted molar refractivity (Wildman–Crippen MR) is 74.9 cm³/mol. The van der Waals surface area contributed by atoms with Crippen LogP contribution in [0.4, 0.5) is 0 Å². The summed E-state index contributed by atoms with van der Waals surface area (Å²) in [6, 6.07) is 13.1. The summed E-state index contributed by atoms with van der Waals surface area (Å²) in [5, 5.41) is 8.99. The molecule has 0 aliphatic heterocycles. The highest BCUT2D eigenvalue weighted by atomic mass is 32.2. The Morgan fingerprint density at radius 1 is 1.00 bits per heavy atom. The van der Waals surface area contributed by atoms with E-state index in [1.165, 1.54) is 24.3 Å². The van der Waals surface area contributed by atoms with E-state index in [2.05, 4.69) is 0 Å². The van der Waals surface area contributed by atoms with Gasteiger partial charge < -0.3 is 4.18 Å². The highest BCUT2D eigenvalue weighted by molar-refractivity contribution is 7.87. The first-order valence-electron chi connectivity index (χ1n) is 5.94. The molecule has 0 saturated heterocycles. The molecule has 2 aromatic rings. The molecule has 0 fully saturated rings. The van der Waals surface area contributed by atoms with Crippen LogP contribution in [0.1, 0.15) is 16.7 Å². The number of aryl methyl sites for hydroxylation is 2. The van der Waals surface area contributed by atoms with Gasteiger partial charge in [0.25, 0.3) is 0 Å². The van der Waals surface area contributed by atoms with Crippen LogP contribution in [0.25, 0.3) is 0 Å². The van der Waals surface area contributed by atoms with Crippen LogP contribution in [0.3, 0.4) is 0 Å².